The number of nitrogens with zero attached hydrogens (tertiary/aromatic N) is 1. The molecule has 1 aromatic carbocycles. The van der Waals surface area contributed by atoms with Gasteiger partial charge in [-0.05, 0) is 29.7 Å². The Bertz CT molecular complexity index is 654. The highest BCUT2D eigenvalue weighted by Gasteiger charge is 2.09. The lowest BCUT2D eigenvalue weighted by Crippen LogP contribution is -1.75. The van der Waals surface area contributed by atoms with Crippen LogP contribution in [-0.2, 0) is 0 Å². The van der Waals surface area contributed by atoms with Crippen molar-refractivity contribution in [2.75, 3.05) is 0 Å². The molecular weight excluding hydrogens is 222 g/mol. The van der Waals surface area contributed by atoms with Gasteiger partial charge >= 0.3 is 0 Å². The minimum Gasteiger partial charge on any atom is -0.453 e. The number of furan rings is 1. The Morgan fingerprint density at radius 3 is 3.00 bits per heavy atom. The zero-order valence-corrected chi connectivity index (χ0v) is 9.03. The number of hydrogen-bond acceptors (Lipinski definition) is 4. The quantitative estimate of drug-likeness (QED) is 0.633. The van der Waals surface area contributed by atoms with Gasteiger partial charge in [-0.15, -0.1) is 0 Å². The zero-order valence-electron chi connectivity index (χ0n) is 8.21. The molecule has 0 unspecified atom stereocenters. The first-order valence-electron chi connectivity index (χ1n) is 4.77. The molecule has 2 heterocycles. The molecule has 3 rings (SSSR count). The smallest absolute Gasteiger partial charge is 0.185 e. The lowest BCUT2D eigenvalue weighted by molar-refractivity contribution is 0.110. The lowest BCUT2D eigenvalue weighted by atomic mass is 10.1. The highest BCUT2D eigenvalue weighted by atomic mass is 32.1. The van der Waals surface area contributed by atoms with Crippen molar-refractivity contribution < 1.29 is 9.21 Å². The minimum atomic E-state index is 0.343. The average molecular weight is 229 g/mol. The second-order valence-electron chi connectivity index (χ2n) is 3.37. The van der Waals surface area contributed by atoms with Crippen LogP contribution in [0.15, 0.2) is 40.1 Å². The van der Waals surface area contributed by atoms with E-state index in [1.807, 2.05) is 23.6 Å². The molecule has 3 nitrogen and oxygen atoms in total. The van der Waals surface area contributed by atoms with Crippen LogP contribution < -0.4 is 0 Å². The van der Waals surface area contributed by atoms with E-state index in [9.17, 15) is 4.79 Å². The molecule has 0 atom stereocenters. The van der Waals surface area contributed by atoms with Crippen molar-refractivity contribution in [1.29, 1.82) is 0 Å². The largest absolute Gasteiger partial charge is 0.453 e. The van der Waals surface area contributed by atoms with Gasteiger partial charge in [0.1, 0.15) is 5.76 Å². The SMILES string of the molecule is O=Cc1ccc(-c2cccc3nscc23)o1. The van der Waals surface area contributed by atoms with Gasteiger partial charge in [0, 0.05) is 16.3 Å². The van der Waals surface area contributed by atoms with Crippen molar-refractivity contribution in [3.8, 4) is 11.3 Å². The summed E-state index contributed by atoms with van der Waals surface area (Å²) in [6, 6.07) is 9.32. The van der Waals surface area contributed by atoms with Gasteiger partial charge in [-0.1, -0.05) is 12.1 Å². The monoisotopic (exact) mass is 229 g/mol. The van der Waals surface area contributed by atoms with Crippen LogP contribution in [0.3, 0.4) is 0 Å². The van der Waals surface area contributed by atoms with Gasteiger partial charge in [-0.3, -0.25) is 4.79 Å². The van der Waals surface area contributed by atoms with Crippen molar-refractivity contribution in [2.45, 2.75) is 0 Å². The summed E-state index contributed by atoms with van der Waals surface area (Å²) in [5.41, 5.74) is 1.92. The Labute approximate surface area is 95.5 Å². The number of hydrogen-bond donors (Lipinski definition) is 0. The van der Waals surface area contributed by atoms with Crippen LogP contribution in [0, 0.1) is 0 Å². The van der Waals surface area contributed by atoms with E-state index in [0.717, 1.165) is 16.5 Å². The molecular formula is C12H7NO2S. The van der Waals surface area contributed by atoms with Crippen molar-refractivity contribution in [1.82, 2.24) is 4.37 Å². The lowest BCUT2D eigenvalue weighted by Gasteiger charge is -1.97. The molecule has 0 radical (unpaired) electrons. The average Bonchev–Trinajstić information content (AvgIpc) is 2.97. The molecule has 0 fully saturated rings. The number of aromatic nitrogens is 1. The van der Waals surface area contributed by atoms with Gasteiger partial charge in [0.2, 0.25) is 0 Å². The van der Waals surface area contributed by atoms with Crippen molar-refractivity contribution in [3.05, 3.63) is 41.5 Å². The van der Waals surface area contributed by atoms with Crippen LogP contribution >= 0.6 is 11.5 Å². The zero-order chi connectivity index (χ0) is 11.0. The van der Waals surface area contributed by atoms with Crippen LogP contribution in [0.5, 0.6) is 0 Å². The predicted octanol–water partition coefficient (Wildman–Crippen LogP) is 3.37. The van der Waals surface area contributed by atoms with Crippen molar-refractivity contribution in [3.63, 3.8) is 0 Å². The summed E-state index contributed by atoms with van der Waals surface area (Å²) in [5.74, 6) is 1.04. The fourth-order valence-corrected chi connectivity index (χ4v) is 2.35. The topological polar surface area (TPSA) is 43.1 Å². The van der Waals surface area contributed by atoms with E-state index < -0.39 is 0 Å². The number of aldehydes is 1. The minimum absolute atomic E-state index is 0.343. The summed E-state index contributed by atoms with van der Waals surface area (Å²) in [7, 11) is 0. The second-order valence-corrected chi connectivity index (χ2v) is 4.00. The number of carbonyl (C=O) groups excluding carboxylic acids is 1. The van der Waals surface area contributed by atoms with E-state index in [0.29, 0.717) is 17.8 Å². The van der Waals surface area contributed by atoms with Gasteiger partial charge in [-0.25, -0.2) is 0 Å². The molecule has 16 heavy (non-hydrogen) atoms. The second kappa shape index (κ2) is 3.57. The van der Waals surface area contributed by atoms with Crippen LogP contribution in [0.4, 0.5) is 0 Å². The maximum absolute atomic E-state index is 10.6. The molecule has 0 bridgehead atoms. The van der Waals surface area contributed by atoms with E-state index in [2.05, 4.69) is 4.37 Å². The Hall–Kier alpha value is -1.94. The van der Waals surface area contributed by atoms with Crippen LogP contribution in [-0.4, -0.2) is 10.7 Å². The number of benzene rings is 1. The molecule has 4 heteroatoms. The summed E-state index contributed by atoms with van der Waals surface area (Å²) < 4.78 is 9.67. The number of fused-ring (bicyclic) bond motifs is 1. The normalized spacial score (nSPS) is 10.8. The molecule has 0 aliphatic carbocycles. The highest BCUT2D eigenvalue weighted by molar-refractivity contribution is 7.04. The van der Waals surface area contributed by atoms with Gasteiger partial charge in [0.25, 0.3) is 0 Å². The molecule has 0 amide bonds. The predicted molar refractivity (Wildman–Crippen MR) is 62.7 cm³/mol. The van der Waals surface area contributed by atoms with E-state index in [4.69, 9.17) is 4.42 Å². The Morgan fingerprint density at radius 2 is 2.19 bits per heavy atom. The first kappa shape index (κ1) is 9.30. The third kappa shape index (κ3) is 1.35. The standard InChI is InChI=1S/C12H7NO2S/c14-6-8-4-5-12(15-8)9-2-1-3-11-10(9)7-16-13-11/h1-7H. The Kier molecular flexibility index (Phi) is 2.08. The molecule has 0 saturated heterocycles. The molecule has 0 spiro atoms. The fourth-order valence-electron chi connectivity index (χ4n) is 1.67. The molecule has 3 aromatic rings. The van der Waals surface area contributed by atoms with Gasteiger partial charge in [0.05, 0.1) is 5.52 Å². The van der Waals surface area contributed by atoms with E-state index >= 15 is 0 Å². The Morgan fingerprint density at radius 1 is 1.25 bits per heavy atom. The molecule has 2 aromatic heterocycles. The molecule has 78 valence electrons. The third-order valence-electron chi connectivity index (χ3n) is 2.41. The fraction of sp³-hybridized carbons (Fsp3) is 0. The Balaban J connectivity index is 2.24. The van der Waals surface area contributed by atoms with Gasteiger partial charge < -0.3 is 4.42 Å². The highest BCUT2D eigenvalue weighted by Crippen LogP contribution is 2.30. The summed E-state index contributed by atoms with van der Waals surface area (Å²) in [6.45, 7) is 0. The first-order valence-corrected chi connectivity index (χ1v) is 5.60. The molecule has 0 aliphatic rings. The van der Waals surface area contributed by atoms with Crippen LogP contribution in [0.2, 0.25) is 0 Å². The summed E-state index contributed by atoms with van der Waals surface area (Å²) >= 11 is 1.41. The molecule has 0 saturated carbocycles. The van der Waals surface area contributed by atoms with Gasteiger partial charge in [-0.2, -0.15) is 4.37 Å². The van der Waals surface area contributed by atoms with E-state index in [1.165, 1.54) is 11.5 Å². The maximum atomic E-state index is 10.6. The van der Waals surface area contributed by atoms with E-state index in [-0.39, 0.29) is 0 Å². The number of carbonyl (C=O) groups is 1. The summed E-state index contributed by atoms with van der Waals surface area (Å²) in [6.07, 6.45) is 0.704. The summed E-state index contributed by atoms with van der Waals surface area (Å²) in [5, 5.41) is 3.03. The first-order chi connectivity index (χ1) is 7.88. The third-order valence-corrected chi connectivity index (χ3v) is 3.06. The van der Waals surface area contributed by atoms with E-state index in [1.54, 1.807) is 12.1 Å². The molecule has 0 aliphatic heterocycles. The van der Waals surface area contributed by atoms with Crippen molar-refractivity contribution >= 4 is 28.7 Å². The number of rotatable bonds is 2. The summed E-state index contributed by atoms with van der Waals surface area (Å²) in [4.78, 5) is 10.6. The molecule has 0 N–H and O–H groups in total. The maximum Gasteiger partial charge on any atom is 0.185 e. The van der Waals surface area contributed by atoms with Crippen LogP contribution in [0.25, 0.3) is 22.2 Å². The van der Waals surface area contributed by atoms with Crippen LogP contribution in [0.1, 0.15) is 10.6 Å². The van der Waals surface area contributed by atoms with Crippen molar-refractivity contribution in [2.24, 2.45) is 0 Å². The van der Waals surface area contributed by atoms with Gasteiger partial charge in [0.15, 0.2) is 12.0 Å².